The number of rotatable bonds is 1. The molecule has 2 atom stereocenters. The Labute approximate surface area is 97.4 Å². The second-order valence-corrected chi connectivity index (χ2v) is 5.14. The molecule has 0 aromatic carbocycles. The Kier molecular flexibility index (Phi) is 2.82. The van der Waals surface area contributed by atoms with E-state index in [1.165, 1.54) is 6.42 Å². The lowest BCUT2D eigenvalue weighted by atomic mass is 9.89. The lowest BCUT2D eigenvalue weighted by Gasteiger charge is -2.36. The van der Waals surface area contributed by atoms with Crippen LogP contribution >= 0.6 is 0 Å². The summed E-state index contributed by atoms with van der Waals surface area (Å²) >= 11 is 0. The van der Waals surface area contributed by atoms with Gasteiger partial charge in [0.05, 0.1) is 11.4 Å². The SMILES string of the molecule is Cc1nn(C)c(N2CCC(C)C(C)C2)c1N. The van der Waals surface area contributed by atoms with Gasteiger partial charge in [0, 0.05) is 20.1 Å². The van der Waals surface area contributed by atoms with Crippen molar-refractivity contribution >= 4 is 11.5 Å². The van der Waals surface area contributed by atoms with Crippen molar-refractivity contribution in [2.45, 2.75) is 27.2 Å². The number of aromatic nitrogens is 2. The number of nitrogens with zero attached hydrogens (tertiary/aromatic N) is 3. The highest BCUT2D eigenvalue weighted by molar-refractivity contribution is 5.66. The van der Waals surface area contributed by atoms with Gasteiger partial charge in [-0.1, -0.05) is 13.8 Å². The summed E-state index contributed by atoms with van der Waals surface area (Å²) in [5.74, 6) is 2.63. The first-order chi connectivity index (χ1) is 7.50. The standard InChI is InChI=1S/C12H22N4/c1-8-5-6-16(7-9(8)2)12-11(13)10(3)14-15(12)4/h8-9H,5-7,13H2,1-4H3. The maximum absolute atomic E-state index is 6.09. The van der Waals surface area contributed by atoms with Crippen LogP contribution in [0.5, 0.6) is 0 Å². The van der Waals surface area contributed by atoms with Crippen LogP contribution in [-0.2, 0) is 7.05 Å². The quantitative estimate of drug-likeness (QED) is 0.788. The smallest absolute Gasteiger partial charge is 0.150 e. The Balaban J connectivity index is 2.25. The molecule has 4 nitrogen and oxygen atoms in total. The van der Waals surface area contributed by atoms with Crippen molar-refractivity contribution in [2.24, 2.45) is 18.9 Å². The van der Waals surface area contributed by atoms with E-state index in [9.17, 15) is 0 Å². The summed E-state index contributed by atoms with van der Waals surface area (Å²) in [7, 11) is 1.97. The zero-order valence-electron chi connectivity index (χ0n) is 10.7. The Bertz CT molecular complexity index is 383. The fourth-order valence-electron chi connectivity index (χ4n) is 2.49. The van der Waals surface area contributed by atoms with E-state index in [0.717, 1.165) is 42.1 Å². The predicted octanol–water partition coefficient (Wildman–Crippen LogP) is 1.79. The summed E-state index contributed by atoms with van der Waals surface area (Å²) < 4.78 is 1.91. The van der Waals surface area contributed by atoms with E-state index in [1.807, 2.05) is 18.7 Å². The van der Waals surface area contributed by atoms with Crippen molar-refractivity contribution in [3.8, 4) is 0 Å². The van der Waals surface area contributed by atoms with E-state index in [1.54, 1.807) is 0 Å². The van der Waals surface area contributed by atoms with Gasteiger partial charge in [-0.15, -0.1) is 0 Å². The highest BCUT2D eigenvalue weighted by Crippen LogP contribution is 2.31. The van der Waals surface area contributed by atoms with Crippen molar-refractivity contribution in [3.05, 3.63) is 5.69 Å². The highest BCUT2D eigenvalue weighted by Gasteiger charge is 2.26. The van der Waals surface area contributed by atoms with Crippen molar-refractivity contribution in [1.29, 1.82) is 0 Å². The molecule has 2 heterocycles. The summed E-state index contributed by atoms with van der Waals surface area (Å²) in [5, 5.41) is 4.38. The largest absolute Gasteiger partial charge is 0.394 e. The van der Waals surface area contributed by atoms with Gasteiger partial charge in [0.15, 0.2) is 0 Å². The van der Waals surface area contributed by atoms with Gasteiger partial charge in [0.25, 0.3) is 0 Å². The van der Waals surface area contributed by atoms with Crippen molar-refractivity contribution in [3.63, 3.8) is 0 Å². The molecule has 1 aromatic rings. The molecule has 1 aliphatic rings. The van der Waals surface area contributed by atoms with E-state index < -0.39 is 0 Å². The molecule has 0 saturated carbocycles. The normalized spacial score (nSPS) is 26.1. The molecule has 0 spiro atoms. The maximum Gasteiger partial charge on any atom is 0.150 e. The van der Waals surface area contributed by atoms with Crippen LogP contribution in [0.1, 0.15) is 26.0 Å². The molecule has 2 unspecified atom stereocenters. The van der Waals surface area contributed by atoms with Crippen molar-refractivity contribution < 1.29 is 0 Å². The molecule has 0 amide bonds. The molecule has 1 aromatic heterocycles. The maximum atomic E-state index is 6.09. The molecule has 0 radical (unpaired) electrons. The van der Waals surface area contributed by atoms with Crippen LogP contribution in [0.2, 0.25) is 0 Å². The van der Waals surface area contributed by atoms with Gasteiger partial charge in [0.1, 0.15) is 5.82 Å². The lowest BCUT2D eigenvalue weighted by molar-refractivity contribution is 0.321. The Morgan fingerprint density at radius 3 is 2.50 bits per heavy atom. The van der Waals surface area contributed by atoms with Gasteiger partial charge in [-0.2, -0.15) is 5.10 Å². The van der Waals surface area contributed by atoms with E-state index in [4.69, 9.17) is 5.73 Å². The molecular formula is C12H22N4. The van der Waals surface area contributed by atoms with E-state index in [2.05, 4.69) is 23.8 Å². The second-order valence-electron chi connectivity index (χ2n) is 5.14. The van der Waals surface area contributed by atoms with Gasteiger partial charge >= 0.3 is 0 Å². The second kappa shape index (κ2) is 4.00. The minimum Gasteiger partial charge on any atom is -0.394 e. The third kappa shape index (κ3) is 1.77. The minimum atomic E-state index is 0.725. The molecule has 2 rings (SSSR count). The molecule has 1 fully saturated rings. The van der Waals surface area contributed by atoms with Crippen LogP contribution in [0.15, 0.2) is 0 Å². The molecule has 16 heavy (non-hydrogen) atoms. The monoisotopic (exact) mass is 222 g/mol. The number of anilines is 2. The molecule has 2 N–H and O–H groups in total. The van der Waals surface area contributed by atoms with Crippen molar-refractivity contribution in [2.75, 3.05) is 23.7 Å². The fourth-order valence-corrected chi connectivity index (χ4v) is 2.49. The summed E-state index contributed by atoms with van der Waals surface area (Å²) in [6.07, 6.45) is 1.24. The number of nitrogens with two attached hydrogens (primary N) is 1. The Morgan fingerprint density at radius 1 is 1.31 bits per heavy atom. The zero-order chi connectivity index (χ0) is 11.9. The van der Waals surface area contributed by atoms with E-state index >= 15 is 0 Å². The van der Waals surface area contributed by atoms with Gasteiger partial charge < -0.3 is 10.6 Å². The molecule has 0 bridgehead atoms. The number of piperidine rings is 1. The first-order valence-corrected chi connectivity index (χ1v) is 6.04. The first kappa shape index (κ1) is 11.3. The van der Waals surface area contributed by atoms with Crippen LogP contribution in [0, 0.1) is 18.8 Å². The number of aryl methyl sites for hydroxylation is 2. The third-order valence-corrected chi connectivity index (χ3v) is 3.87. The summed E-state index contributed by atoms with van der Waals surface area (Å²) in [6.45, 7) is 8.80. The fraction of sp³-hybridized carbons (Fsp3) is 0.750. The summed E-state index contributed by atoms with van der Waals surface area (Å²) in [6, 6.07) is 0. The Morgan fingerprint density at radius 2 is 2.00 bits per heavy atom. The topological polar surface area (TPSA) is 47.1 Å². The lowest BCUT2D eigenvalue weighted by Crippen LogP contribution is -2.39. The van der Waals surface area contributed by atoms with Crippen LogP contribution in [0.25, 0.3) is 0 Å². The number of hydrogen-bond donors (Lipinski definition) is 1. The minimum absolute atomic E-state index is 0.725. The van der Waals surface area contributed by atoms with Crippen LogP contribution < -0.4 is 10.6 Å². The van der Waals surface area contributed by atoms with Gasteiger partial charge in [-0.05, 0) is 25.2 Å². The average molecular weight is 222 g/mol. The van der Waals surface area contributed by atoms with E-state index in [-0.39, 0.29) is 0 Å². The Hall–Kier alpha value is -1.19. The molecular weight excluding hydrogens is 200 g/mol. The highest BCUT2D eigenvalue weighted by atomic mass is 15.4. The summed E-state index contributed by atoms with van der Waals surface area (Å²) in [5.41, 5.74) is 7.86. The van der Waals surface area contributed by atoms with Gasteiger partial charge in [0.2, 0.25) is 0 Å². The van der Waals surface area contributed by atoms with Gasteiger partial charge in [-0.25, -0.2) is 0 Å². The van der Waals surface area contributed by atoms with Gasteiger partial charge in [-0.3, -0.25) is 4.68 Å². The van der Waals surface area contributed by atoms with Crippen LogP contribution in [-0.4, -0.2) is 22.9 Å². The van der Waals surface area contributed by atoms with E-state index in [0.29, 0.717) is 0 Å². The van der Waals surface area contributed by atoms with Crippen LogP contribution in [0.4, 0.5) is 11.5 Å². The first-order valence-electron chi connectivity index (χ1n) is 6.04. The third-order valence-electron chi connectivity index (χ3n) is 3.87. The molecule has 1 saturated heterocycles. The molecule has 1 aliphatic heterocycles. The zero-order valence-corrected chi connectivity index (χ0v) is 10.7. The van der Waals surface area contributed by atoms with Crippen LogP contribution in [0.3, 0.4) is 0 Å². The molecule has 0 aliphatic carbocycles. The predicted molar refractivity (Wildman–Crippen MR) is 67.5 cm³/mol. The average Bonchev–Trinajstić information content (AvgIpc) is 2.47. The number of hydrogen-bond acceptors (Lipinski definition) is 3. The number of nitrogen functional groups attached to an aromatic ring is 1. The van der Waals surface area contributed by atoms with Crippen molar-refractivity contribution in [1.82, 2.24) is 9.78 Å². The molecule has 4 heteroatoms. The molecule has 90 valence electrons. The summed E-state index contributed by atoms with van der Waals surface area (Å²) in [4.78, 5) is 2.38.